The van der Waals surface area contributed by atoms with Gasteiger partial charge >= 0.3 is 0 Å². The third-order valence-corrected chi connectivity index (χ3v) is 7.86. The number of fused-ring (bicyclic) bond motifs is 2. The van der Waals surface area contributed by atoms with Gasteiger partial charge in [-0.05, 0) is 61.7 Å². The van der Waals surface area contributed by atoms with E-state index in [0.29, 0.717) is 62.3 Å². The molecule has 2 aromatic heterocycles. The molecule has 5 rings (SSSR count). The molecule has 11 nitrogen and oxygen atoms in total. The molecule has 240 valence electrons. The summed E-state index contributed by atoms with van der Waals surface area (Å²) in [6.07, 6.45) is 5.36. The second-order valence-electron chi connectivity index (χ2n) is 10.6. The molecule has 1 aliphatic heterocycles. The van der Waals surface area contributed by atoms with Crippen molar-refractivity contribution < 1.29 is 38.0 Å². The molecule has 0 spiro atoms. The van der Waals surface area contributed by atoms with Crippen LogP contribution in [0, 0.1) is 5.92 Å². The molecule has 1 aliphatic rings. The first-order valence-corrected chi connectivity index (χ1v) is 15.2. The highest BCUT2D eigenvalue weighted by Crippen LogP contribution is 2.38. The Hall–Kier alpha value is -4.16. The fraction of sp³-hybridized carbons (Fsp3) is 0.412. The minimum Gasteiger partial charge on any atom is -0.497 e. The Labute approximate surface area is 261 Å². The average Bonchev–Trinajstić information content (AvgIpc) is 3.47. The topological polar surface area (TPSA) is 141 Å². The number of benzene rings is 2. The van der Waals surface area contributed by atoms with Gasteiger partial charge in [0.25, 0.3) is 5.91 Å². The molecule has 0 bridgehead atoms. The fourth-order valence-corrected chi connectivity index (χ4v) is 5.61. The molecule has 11 heteroatoms. The minimum absolute atomic E-state index is 0.0496. The molecule has 3 heterocycles. The normalized spacial score (nSPS) is 18.1. The first kappa shape index (κ1) is 32.2. The van der Waals surface area contributed by atoms with Crippen LogP contribution in [-0.4, -0.2) is 75.6 Å². The van der Waals surface area contributed by atoms with E-state index in [1.807, 2.05) is 37.4 Å². The molecule has 0 saturated carbocycles. The summed E-state index contributed by atoms with van der Waals surface area (Å²) in [6.45, 7) is 3.80. The lowest BCUT2D eigenvalue weighted by molar-refractivity contribution is -0.168. The van der Waals surface area contributed by atoms with Crippen molar-refractivity contribution in [2.24, 2.45) is 5.92 Å². The van der Waals surface area contributed by atoms with Gasteiger partial charge in [0.15, 0.2) is 11.2 Å². The Morgan fingerprint density at radius 1 is 1.07 bits per heavy atom. The molecule has 1 amide bonds. The number of nitrogens with one attached hydrogen (secondary N) is 2. The monoisotopic (exact) mass is 620 g/mol. The molecule has 3 N–H and O–H groups in total. The highest BCUT2D eigenvalue weighted by atomic mass is 16.7. The molecule has 45 heavy (non-hydrogen) atoms. The third-order valence-electron chi connectivity index (χ3n) is 7.86. The molecule has 3 unspecified atom stereocenters. The summed E-state index contributed by atoms with van der Waals surface area (Å²) >= 11 is 0. The number of para-hydroxylation sites is 1. The molecule has 0 aliphatic carbocycles. The SMILES string of the molecule is CCOC1OC(C(=O)NCCc2c[nH]c3ccc(OC)cc23)=CC(c2coc3ccccc3c2=O)C1CCOCCOCCO. The zero-order valence-electron chi connectivity index (χ0n) is 25.6. The van der Waals surface area contributed by atoms with Gasteiger partial charge in [-0.1, -0.05) is 12.1 Å². The molecule has 3 atom stereocenters. The number of rotatable bonds is 16. The van der Waals surface area contributed by atoms with Crippen molar-refractivity contribution in [3.63, 3.8) is 0 Å². The summed E-state index contributed by atoms with van der Waals surface area (Å²) in [4.78, 5) is 30.4. The summed E-state index contributed by atoms with van der Waals surface area (Å²) in [7, 11) is 1.63. The van der Waals surface area contributed by atoms with Crippen LogP contribution in [0.5, 0.6) is 5.75 Å². The highest BCUT2D eigenvalue weighted by molar-refractivity contribution is 5.92. The van der Waals surface area contributed by atoms with Crippen molar-refractivity contribution in [3.05, 3.63) is 88.1 Å². The molecule has 2 aromatic carbocycles. The predicted molar refractivity (Wildman–Crippen MR) is 168 cm³/mol. The number of ether oxygens (including phenoxy) is 5. The first-order chi connectivity index (χ1) is 22.0. The van der Waals surface area contributed by atoms with Crippen molar-refractivity contribution in [1.29, 1.82) is 0 Å². The average molecular weight is 621 g/mol. The summed E-state index contributed by atoms with van der Waals surface area (Å²) in [6, 6.07) is 12.9. The van der Waals surface area contributed by atoms with Gasteiger partial charge < -0.3 is 43.5 Å². The Bertz CT molecular complexity index is 1660. The number of carbonyl (C=O) groups excluding carboxylic acids is 1. The maximum absolute atomic E-state index is 13.7. The van der Waals surface area contributed by atoms with E-state index in [0.717, 1.165) is 22.2 Å². The standard InChI is InChI=1S/C34H40N2O9/c1-3-43-34-24(11-14-41-16-17-42-15-13-37)27(28-21-44-30-7-5-4-6-25(30)32(28)38)19-31(45-34)33(39)35-12-10-22-20-36-29-9-8-23(40-2)18-26(22)29/h4-9,18-21,24,27,34,36-37H,3,10-17H2,1-2H3,(H,35,39). The molecule has 4 aromatic rings. The van der Waals surface area contributed by atoms with Crippen LogP contribution >= 0.6 is 0 Å². The van der Waals surface area contributed by atoms with Crippen LogP contribution in [0.3, 0.4) is 0 Å². The molecule has 0 radical (unpaired) electrons. The Kier molecular flexibility index (Phi) is 11.3. The van der Waals surface area contributed by atoms with Gasteiger partial charge in [-0.3, -0.25) is 9.59 Å². The number of carbonyl (C=O) groups is 1. The lowest BCUT2D eigenvalue weighted by Crippen LogP contribution is -2.40. The van der Waals surface area contributed by atoms with E-state index in [1.54, 1.807) is 31.4 Å². The summed E-state index contributed by atoms with van der Waals surface area (Å²) in [5, 5.41) is 13.3. The smallest absolute Gasteiger partial charge is 0.286 e. The van der Waals surface area contributed by atoms with Crippen molar-refractivity contribution in [2.75, 3.05) is 53.3 Å². The summed E-state index contributed by atoms with van der Waals surface area (Å²) in [5.41, 5.74) is 2.76. The van der Waals surface area contributed by atoms with E-state index in [9.17, 15) is 9.59 Å². The number of hydrogen-bond donors (Lipinski definition) is 3. The predicted octanol–water partition coefficient (Wildman–Crippen LogP) is 4.03. The van der Waals surface area contributed by atoms with Crippen molar-refractivity contribution in [2.45, 2.75) is 32.0 Å². The van der Waals surface area contributed by atoms with Crippen molar-refractivity contribution in [1.82, 2.24) is 10.3 Å². The zero-order valence-corrected chi connectivity index (χ0v) is 25.6. The van der Waals surface area contributed by atoms with Gasteiger partial charge in [-0.2, -0.15) is 0 Å². The number of aliphatic hydroxyl groups excluding tert-OH is 1. The van der Waals surface area contributed by atoms with Crippen molar-refractivity contribution >= 4 is 27.8 Å². The number of aromatic amines is 1. The second kappa shape index (κ2) is 15.7. The number of aliphatic hydroxyl groups is 1. The molecular weight excluding hydrogens is 580 g/mol. The Morgan fingerprint density at radius 3 is 2.69 bits per heavy atom. The van der Waals surface area contributed by atoms with Gasteiger partial charge in [-0.25, -0.2) is 0 Å². The van der Waals surface area contributed by atoms with E-state index in [4.69, 9.17) is 33.2 Å². The number of aromatic nitrogens is 1. The van der Waals surface area contributed by atoms with Crippen LogP contribution in [0.2, 0.25) is 0 Å². The lowest BCUT2D eigenvalue weighted by atomic mass is 9.81. The van der Waals surface area contributed by atoms with Gasteiger partial charge in [-0.15, -0.1) is 0 Å². The number of amides is 1. The maximum atomic E-state index is 13.7. The van der Waals surface area contributed by atoms with E-state index >= 15 is 0 Å². The molecular formula is C34H40N2O9. The van der Waals surface area contributed by atoms with E-state index < -0.39 is 18.1 Å². The Balaban J connectivity index is 1.36. The fourth-order valence-electron chi connectivity index (χ4n) is 5.61. The summed E-state index contributed by atoms with van der Waals surface area (Å²) in [5.74, 6) is -0.434. The lowest BCUT2D eigenvalue weighted by Gasteiger charge is -2.36. The number of methoxy groups -OCH3 is 1. The quantitative estimate of drug-likeness (QED) is 0.158. The van der Waals surface area contributed by atoms with E-state index in [1.165, 1.54) is 6.26 Å². The number of hydrogen-bond acceptors (Lipinski definition) is 9. The van der Waals surface area contributed by atoms with Gasteiger partial charge in [0.1, 0.15) is 11.3 Å². The van der Waals surface area contributed by atoms with Crippen LogP contribution in [0.25, 0.3) is 21.9 Å². The van der Waals surface area contributed by atoms with E-state index in [2.05, 4.69) is 10.3 Å². The van der Waals surface area contributed by atoms with Crippen LogP contribution in [0.15, 0.2) is 76.0 Å². The van der Waals surface area contributed by atoms with Gasteiger partial charge in [0.2, 0.25) is 6.29 Å². The van der Waals surface area contributed by atoms with Crippen LogP contribution < -0.4 is 15.5 Å². The number of allylic oxidation sites excluding steroid dienone is 1. The van der Waals surface area contributed by atoms with Gasteiger partial charge in [0.05, 0.1) is 45.2 Å². The first-order valence-electron chi connectivity index (χ1n) is 15.2. The Morgan fingerprint density at radius 2 is 1.89 bits per heavy atom. The van der Waals surface area contributed by atoms with E-state index in [-0.39, 0.29) is 30.3 Å². The minimum atomic E-state index is -0.799. The van der Waals surface area contributed by atoms with Crippen molar-refractivity contribution in [3.8, 4) is 5.75 Å². The van der Waals surface area contributed by atoms with Crippen LogP contribution in [0.1, 0.15) is 30.4 Å². The second-order valence-corrected chi connectivity index (χ2v) is 10.6. The molecule has 0 fully saturated rings. The maximum Gasteiger partial charge on any atom is 0.286 e. The van der Waals surface area contributed by atoms with Gasteiger partial charge in [0, 0.05) is 54.3 Å². The van der Waals surface area contributed by atoms with Crippen LogP contribution in [-0.2, 0) is 30.2 Å². The third kappa shape index (κ3) is 7.74. The summed E-state index contributed by atoms with van der Waals surface area (Å²) < 4.78 is 34.4. The largest absolute Gasteiger partial charge is 0.497 e. The number of H-pyrrole nitrogens is 1. The highest BCUT2D eigenvalue weighted by Gasteiger charge is 2.39. The molecule has 0 saturated heterocycles. The zero-order chi connectivity index (χ0) is 31.6. The van der Waals surface area contributed by atoms with Crippen LogP contribution in [0.4, 0.5) is 0 Å².